The smallest absolute Gasteiger partial charge is 0.256 e. The molecule has 1 aromatic heterocycles. The van der Waals surface area contributed by atoms with Crippen molar-refractivity contribution >= 4 is 39.3 Å². The Morgan fingerprint density at radius 2 is 2.11 bits per heavy atom. The van der Waals surface area contributed by atoms with Crippen molar-refractivity contribution in [3.05, 3.63) is 51.6 Å². The molecule has 1 aromatic carbocycles. The number of amides is 1. The molecule has 0 aliphatic rings. The molecule has 0 bridgehead atoms. The summed E-state index contributed by atoms with van der Waals surface area (Å²) < 4.78 is 13.6. The molecular weight excluding hydrogens is 324 g/mol. The fourth-order valence-corrected chi connectivity index (χ4v) is 1.62. The lowest BCUT2D eigenvalue weighted by atomic mass is 10.2. The Bertz CT molecular complexity index is 609. The van der Waals surface area contributed by atoms with Gasteiger partial charge in [-0.2, -0.15) is 0 Å². The molecule has 0 fully saturated rings. The molecule has 0 saturated heterocycles. The van der Waals surface area contributed by atoms with E-state index >= 15 is 0 Å². The highest BCUT2D eigenvalue weighted by Gasteiger charge is 2.09. The van der Waals surface area contributed by atoms with Crippen LogP contribution in [0, 0.1) is 5.82 Å². The molecule has 7 heteroatoms. The quantitative estimate of drug-likeness (QED) is 0.860. The summed E-state index contributed by atoms with van der Waals surface area (Å²) in [7, 11) is 0. The van der Waals surface area contributed by atoms with Crippen molar-refractivity contribution in [3.63, 3.8) is 0 Å². The number of aromatic nitrogens is 2. The summed E-state index contributed by atoms with van der Waals surface area (Å²) >= 11 is 8.66. The third-order valence-corrected chi connectivity index (χ3v) is 2.91. The fraction of sp³-hybridized carbons (Fsp3) is 0. The van der Waals surface area contributed by atoms with E-state index in [0.717, 1.165) is 6.07 Å². The van der Waals surface area contributed by atoms with Gasteiger partial charge in [-0.1, -0.05) is 11.6 Å². The SMILES string of the molecule is O=C(Nc1cc(Cl)ncn1)c1ccc(Br)c(F)c1. The summed E-state index contributed by atoms with van der Waals surface area (Å²) in [5, 5.41) is 2.70. The molecule has 2 rings (SSSR count). The van der Waals surface area contributed by atoms with Crippen LogP contribution in [-0.2, 0) is 0 Å². The highest BCUT2D eigenvalue weighted by atomic mass is 79.9. The molecule has 1 N–H and O–H groups in total. The number of nitrogens with one attached hydrogen (secondary N) is 1. The van der Waals surface area contributed by atoms with E-state index in [1.807, 2.05) is 0 Å². The lowest BCUT2D eigenvalue weighted by molar-refractivity contribution is 0.102. The summed E-state index contributed by atoms with van der Waals surface area (Å²) in [5.74, 6) is -0.733. The van der Waals surface area contributed by atoms with Crippen LogP contribution in [0.25, 0.3) is 0 Å². The highest BCUT2D eigenvalue weighted by molar-refractivity contribution is 9.10. The first kappa shape index (κ1) is 12.9. The van der Waals surface area contributed by atoms with Gasteiger partial charge >= 0.3 is 0 Å². The van der Waals surface area contributed by atoms with Crippen LogP contribution in [0.1, 0.15) is 10.4 Å². The number of anilines is 1. The predicted molar refractivity (Wildman–Crippen MR) is 69.1 cm³/mol. The van der Waals surface area contributed by atoms with Gasteiger partial charge in [0.2, 0.25) is 0 Å². The normalized spacial score (nSPS) is 10.2. The molecule has 0 atom stereocenters. The van der Waals surface area contributed by atoms with Crippen LogP contribution in [0.5, 0.6) is 0 Å². The van der Waals surface area contributed by atoms with Gasteiger partial charge < -0.3 is 5.32 Å². The largest absolute Gasteiger partial charge is 0.306 e. The lowest BCUT2D eigenvalue weighted by Crippen LogP contribution is -2.13. The van der Waals surface area contributed by atoms with Gasteiger partial charge in [0.25, 0.3) is 5.91 Å². The maximum Gasteiger partial charge on any atom is 0.256 e. The minimum Gasteiger partial charge on any atom is -0.306 e. The molecule has 0 spiro atoms. The van der Waals surface area contributed by atoms with Crippen molar-refractivity contribution in [2.24, 2.45) is 0 Å². The van der Waals surface area contributed by atoms with Crippen molar-refractivity contribution < 1.29 is 9.18 Å². The first-order valence-corrected chi connectivity index (χ1v) is 5.97. The zero-order chi connectivity index (χ0) is 13.1. The first-order chi connectivity index (χ1) is 8.56. The van der Waals surface area contributed by atoms with Crippen LogP contribution in [0.4, 0.5) is 10.2 Å². The Hall–Kier alpha value is -1.53. The molecule has 4 nitrogen and oxygen atoms in total. The van der Waals surface area contributed by atoms with E-state index in [9.17, 15) is 9.18 Å². The van der Waals surface area contributed by atoms with Crippen LogP contribution < -0.4 is 5.32 Å². The number of benzene rings is 1. The first-order valence-electron chi connectivity index (χ1n) is 4.80. The molecule has 0 aliphatic heterocycles. The Balaban J connectivity index is 2.19. The number of hydrogen-bond acceptors (Lipinski definition) is 3. The lowest BCUT2D eigenvalue weighted by Gasteiger charge is -2.04. The zero-order valence-electron chi connectivity index (χ0n) is 8.82. The van der Waals surface area contributed by atoms with Gasteiger partial charge in [-0.3, -0.25) is 4.79 Å². The topological polar surface area (TPSA) is 54.9 Å². The van der Waals surface area contributed by atoms with E-state index in [0.29, 0.717) is 4.47 Å². The maximum absolute atomic E-state index is 13.3. The van der Waals surface area contributed by atoms with Crippen LogP contribution in [0.2, 0.25) is 5.15 Å². The van der Waals surface area contributed by atoms with E-state index < -0.39 is 11.7 Å². The molecule has 1 amide bonds. The number of carbonyl (C=O) groups is 1. The zero-order valence-corrected chi connectivity index (χ0v) is 11.2. The third-order valence-electron chi connectivity index (χ3n) is 2.06. The van der Waals surface area contributed by atoms with Crippen LogP contribution in [0.15, 0.2) is 35.1 Å². The minimum absolute atomic E-state index is 0.186. The minimum atomic E-state index is -0.511. The maximum atomic E-state index is 13.3. The third kappa shape index (κ3) is 3.02. The molecule has 1 heterocycles. The second kappa shape index (κ2) is 5.41. The van der Waals surface area contributed by atoms with Gasteiger partial charge in [-0.05, 0) is 34.1 Å². The molecule has 0 aliphatic carbocycles. The second-order valence-electron chi connectivity index (χ2n) is 3.31. The Morgan fingerprint density at radius 1 is 1.33 bits per heavy atom. The summed E-state index contributed by atoms with van der Waals surface area (Å²) in [6.45, 7) is 0. The molecule has 92 valence electrons. The number of hydrogen-bond donors (Lipinski definition) is 1. The number of carbonyl (C=O) groups excluding carboxylic acids is 1. The van der Waals surface area contributed by atoms with Crippen molar-refractivity contribution in [1.29, 1.82) is 0 Å². The monoisotopic (exact) mass is 329 g/mol. The average Bonchev–Trinajstić information content (AvgIpc) is 2.32. The van der Waals surface area contributed by atoms with Crippen LogP contribution in [-0.4, -0.2) is 15.9 Å². The molecule has 2 aromatic rings. The van der Waals surface area contributed by atoms with E-state index in [-0.39, 0.29) is 16.5 Å². The Morgan fingerprint density at radius 3 is 2.78 bits per heavy atom. The van der Waals surface area contributed by atoms with Gasteiger partial charge in [0.05, 0.1) is 4.47 Å². The van der Waals surface area contributed by atoms with Gasteiger partial charge in [-0.15, -0.1) is 0 Å². The van der Waals surface area contributed by atoms with E-state index in [2.05, 4.69) is 31.2 Å². The van der Waals surface area contributed by atoms with Gasteiger partial charge in [0, 0.05) is 11.6 Å². The Kier molecular flexibility index (Phi) is 3.88. The van der Waals surface area contributed by atoms with Crippen molar-refractivity contribution in [2.75, 3.05) is 5.32 Å². The van der Waals surface area contributed by atoms with Gasteiger partial charge in [-0.25, -0.2) is 14.4 Å². The van der Waals surface area contributed by atoms with E-state index in [1.54, 1.807) is 0 Å². The average molecular weight is 331 g/mol. The highest BCUT2D eigenvalue weighted by Crippen LogP contribution is 2.17. The predicted octanol–water partition coefficient (Wildman–Crippen LogP) is 3.28. The number of nitrogens with zero attached hydrogens (tertiary/aromatic N) is 2. The summed E-state index contributed by atoms with van der Waals surface area (Å²) in [6.07, 6.45) is 1.22. The second-order valence-corrected chi connectivity index (χ2v) is 4.55. The van der Waals surface area contributed by atoms with Gasteiger partial charge in [0.1, 0.15) is 23.1 Å². The van der Waals surface area contributed by atoms with Crippen LogP contribution in [0.3, 0.4) is 0 Å². The summed E-state index contributed by atoms with van der Waals surface area (Å²) in [6, 6.07) is 5.47. The Labute approximate surface area is 115 Å². The van der Waals surface area contributed by atoms with Crippen molar-refractivity contribution in [2.45, 2.75) is 0 Å². The molecule has 0 saturated carbocycles. The molecule has 0 radical (unpaired) electrons. The number of halogens is 3. The molecule has 18 heavy (non-hydrogen) atoms. The standard InChI is InChI=1S/C11H6BrClFN3O/c12-7-2-1-6(3-8(7)14)11(18)17-10-4-9(13)15-5-16-10/h1-5H,(H,15,16,17,18). The summed E-state index contributed by atoms with van der Waals surface area (Å²) in [4.78, 5) is 19.3. The molecule has 0 unspecified atom stereocenters. The number of rotatable bonds is 2. The van der Waals surface area contributed by atoms with E-state index in [1.165, 1.54) is 24.5 Å². The summed E-state index contributed by atoms with van der Waals surface area (Å²) in [5.41, 5.74) is 0.186. The van der Waals surface area contributed by atoms with Crippen molar-refractivity contribution in [1.82, 2.24) is 9.97 Å². The fourth-order valence-electron chi connectivity index (χ4n) is 1.23. The van der Waals surface area contributed by atoms with E-state index in [4.69, 9.17) is 11.6 Å². The van der Waals surface area contributed by atoms with Crippen LogP contribution >= 0.6 is 27.5 Å². The van der Waals surface area contributed by atoms with Gasteiger partial charge in [0.15, 0.2) is 0 Å². The van der Waals surface area contributed by atoms with Crippen molar-refractivity contribution in [3.8, 4) is 0 Å². The molecular formula is C11H6BrClFN3O.